The van der Waals surface area contributed by atoms with Gasteiger partial charge >= 0.3 is 16.3 Å². The van der Waals surface area contributed by atoms with Crippen LogP contribution in [0.25, 0.3) is 0 Å². The number of ether oxygens (including phenoxy) is 2. The highest BCUT2D eigenvalue weighted by Crippen LogP contribution is 2.46. The predicted molar refractivity (Wildman–Crippen MR) is 124 cm³/mol. The number of hydrogen-bond acceptors (Lipinski definition) is 7. The highest BCUT2D eigenvalue weighted by Gasteiger charge is 2.47. The number of nitrogens with zero attached hydrogens (tertiary/aromatic N) is 2. The molecule has 0 bridgehead atoms. The molecule has 10 nitrogen and oxygen atoms in total. The smallest absolute Gasteiger partial charge is 0.410 e. The summed E-state index contributed by atoms with van der Waals surface area (Å²) in [5.74, 6) is -6.56. The molecule has 14 heteroatoms. The molecule has 2 aliphatic rings. The van der Waals surface area contributed by atoms with E-state index in [1.54, 1.807) is 35.1 Å². The van der Waals surface area contributed by atoms with Crippen molar-refractivity contribution < 1.29 is 45.8 Å². The predicted octanol–water partition coefficient (Wildman–Crippen LogP) is 2.40. The Labute approximate surface area is 210 Å². The molecule has 0 radical (unpaired) electrons. The van der Waals surface area contributed by atoms with E-state index in [1.165, 1.54) is 6.92 Å². The molecule has 2 aromatic carbocycles. The summed E-state index contributed by atoms with van der Waals surface area (Å²) >= 11 is 0. The fourth-order valence-electron chi connectivity index (χ4n) is 3.97. The maximum Gasteiger partial charge on any atom is 0.410 e. The van der Waals surface area contributed by atoms with Crippen LogP contribution < -0.4 is 13.8 Å². The van der Waals surface area contributed by atoms with E-state index < -0.39 is 82.3 Å². The first-order valence-electron chi connectivity index (χ1n) is 11.2. The molecule has 0 aliphatic carbocycles. The van der Waals surface area contributed by atoms with E-state index in [1.807, 2.05) is 0 Å². The van der Waals surface area contributed by atoms with Gasteiger partial charge in [-0.1, -0.05) is 30.3 Å². The number of carbonyl (C=O) groups excluding carboxylic acids is 2. The number of aliphatic hydroxyl groups is 1. The summed E-state index contributed by atoms with van der Waals surface area (Å²) in [4.78, 5) is 24.8. The fourth-order valence-corrected chi connectivity index (χ4v) is 5.13. The minimum absolute atomic E-state index is 0.0705. The van der Waals surface area contributed by atoms with Gasteiger partial charge in [-0.15, -0.1) is 0 Å². The molecule has 2 aliphatic heterocycles. The molecule has 2 aromatic rings. The van der Waals surface area contributed by atoms with Gasteiger partial charge in [0.2, 0.25) is 0 Å². The first-order chi connectivity index (χ1) is 17.4. The van der Waals surface area contributed by atoms with E-state index in [0.29, 0.717) is 14.8 Å². The second kappa shape index (κ2) is 10.1. The van der Waals surface area contributed by atoms with Crippen molar-refractivity contribution in [3.8, 4) is 5.75 Å². The summed E-state index contributed by atoms with van der Waals surface area (Å²) in [7, 11) is -4.53. The number of carbonyl (C=O) groups is 2. The SMILES string of the molecule is CC(O)CCOC(=O)N1Cc2c(cc(OCc3ccccc3)c(N3CC(=O)NS3(=O)=O)c2F)C(F)(F)C1. The lowest BCUT2D eigenvalue weighted by Crippen LogP contribution is -2.45. The molecule has 1 saturated heterocycles. The molecule has 1 fully saturated rings. The van der Waals surface area contributed by atoms with Crippen molar-refractivity contribution in [3.05, 3.63) is 58.9 Å². The number of nitrogens with one attached hydrogen (secondary N) is 1. The monoisotopic (exact) mass is 543 g/mol. The summed E-state index contributed by atoms with van der Waals surface area (Å²) in [6.45, 7) is -1.54. The molecule has 0 spiro atoms. The van der Waals surface area contributed by atoms with Crippen LogP contribution in [0.1, 0.15) is 30.0 Å². The van der Waals surface area contributed by atoms with Gasteiger partial charge in [-0.2, -0.15) is 17.2 Å². The van der Waals surface area contributed by atoms with E-state index >= 15 is 13.2 Å². The number of alkyl halides is 2. The van der Waals surface area contributed by atoms with Gasteiger partial charge in [-0.3, -0.25) is 9.69 Å². The molecule has 0 aromatic heterocycles. The minimum Gasteiger partial charge on any atom is -0.487 e. The van der Waals surface area contributed by atoms with Gasteiger partial charge in [0.15, 0.2) is 5.82 Å². The molecule has 2 amide bonds. The van der Waals surface area contributed by atoms with E-state index in [-0.39, 0.29) is 19.6 Å². The van der Waals surface area contributed by atoms with Crippen LogP contribution >= 0.6 is 0 Å². The van der Waals surface area contributed by atoms with Crippen molar-refractivity contribution >= 4 is 27.9 Å². The first kappa shape index (κ1) is 26.5. The number of rotatable bonds is 7. The Balaban J connectivity index is 1.75. The molecular formula is C23H24F3N3O7S. The van der Waals surface area contributed by atoms with Crippen LogP contribution in [0.4, 0.5) is 23.7 Å². The maximum absolute atomic E-state index is 15.9. The third kappa shape index (κ3) is 5.59. The first-order valence-corrected chi connectivity index (χ1v) is 12.7. The molecule has 1 atom stereocenters. The van der Waals surface area contributed by atoms with Gasteiger partial charge in [-0.05, 0) is 18.6 Å². The molecule has 4 rings (SSSR count). The average Bonchev–Trinajstić information content (AvgIpc) is 3.09. The Morgan fingerprint density at radius 1 is 1.24 bits per heavy atom. The lowest BCUT2D eigenvalue weighted by Gasteiger charge is -2.35. The lowest BCUT2D eigenvalue weighted by molar-refractivity contribution is -0.117. The highest BCUT2D eigenvalue weighted by atomic mass is 32.2. The third-order valence-corrected chi connectivity index (χ3v) is 7.14. The molecule has 2 N–H and O–H groups in total. The highest BCUT2D eigenvalue weighted by molar-refractivity contribution is 7.92. The molecular weight excluding hydrogens is 519 g/mol. The van der Waals surface area contributed by atoms with E-state index in [9.17, 15) is 23.1 Å². The van der Waals surface area contributed by atoms with Crippen molar-refractivity contribution in [3.63, 3.8) is 0 Å². The van der Waals surface area contributed by atoms with Crippen LogP contribution in [0.15, 0.2) is 36.4 Å². The van der Waals surface area contributed by atoms with Crippen molar-refractivity contribution in [1.82, 2.24) is 9.62 Å². The number of anilines is 1. The molecule has 0 saturated carbocycles. The van der Waals surface area contributed by atoms with Gasteiger partial charge in [0.25, 0.3) is 11.8 Å². The zero-order chi connectivity index (χ0) is 27.0. The zero-order valence-corrected chi connectivity index (χ0v) is 20.4. The Morgan fingerprint density at radius 2 is 1.95 bits per heavy atom. The largest absolute Gasteiger partial charge is 0.487 e. The average molecular weight is 544 g/mol. The second-order valence-electron chi connectivity index (χ2n) is 8.69. The van der Waals surface area contributed by atoms with E-state index in [2.05, 4.69) is 0 Å². The summed E-state index contributed by atoms with van der Waals surface area (Å²) in [6, 6.07) is 9.31. The van der Waals surface area contributed by atoms with Crippen molar-refractivity contribution in [2.24, 2.45) is 0 Å². The molecule has 200 valence electrons. The fraction of sp³-hybridized carbons (Fsp3) is 0.391. The van der Waals surface area contributed by atoms with Crippen molar-refractivity contribution in [2.75, 3.05) is 24.0 Å². The lowest BCUT2D eigenvalue weighted by atomic mass is 9.94. The Bertz CT molecular complexity index is 1310. The standard InChI is InChI=1S/C23H24F3N3O7S/c1-14(30)7-8-35-22(32)28-10-16-17(23(25,26)13-28)9-18(36-12-15-5-3-2-4-6-15)21(20(16)24)29-11-19(31)27-37(29,33)34/h2-6,9,14,30H,7-8,10-13H2,1H3,(H,27,31). The van der Waals surface area contributed by atoms with E-state index in [4.69, 9.17) is 9.47 Å². The Morgan fingerprint density at radius 3 is 2.57 bits per heavy atom. The minimum atomic E-state index is -4.53. The van der Waals surface area contributed by atoms with Crippen LogP contribution in [0.2, 0.25) is 0 Å². The van der Waals surface area contributed by atoms with Crippen LogP contribution in [0, 0.1) is 5.82 Å². The molecule has 2 heterocycles. The summed E-state index contributed by atoms with van der Waals surface area (Å²) in [6.07, 6.45) is -1.87. The molecule has 1 unspecified atom stereocenters. The quantitative estimate of drug-likeness (QED) is 0.550. The van der Waals surface area contributed by atoms with Crippen molar-refractivity contribution in [1.29, 1.82) is 0 Å². The summed E-state index contributed by atoms with van der Waals surface area (Å²) in [5, 5.41) is 9.29. The molecule has 37 heavy (non-hydrogen) atoms. The van der Waals surface area contributed by atoms with Gasteiger partial charge < -0.3 is 14.6 Å². The summed E-state index contributed by atoms with van der Waals surface area (Å²) in [5.41, 5.74) is -1.54. The topological polar surface area (TPSA) is 125 Å². The Hall–Kier alpha value is -3.52. The second-order valence-corrected chi connectivity index (χ2v) is 10.3. The van der Waals surface area contributed by atoms with Gasteiger partial charge in [0.05, 0.1) is 25.8 Å². The van der Waals surface area contributed by atoms with Crippen molar-refractivity contribution in [2.45, 2.75) is 38.5 Å². The van der Waals surface area contributed by atoms with Gasteiger partial charge in [0.1, 0.15) is 24.6 Å². The number of benzene rings is 2. The number of fused-ring (bicyclic) bond motifs is 1. The number of amides is 2. The van der Waals surface area contributed by atoms with Crippen LogP contribution in [0.3, 0.4) is 0 Å². The maximum atomic E-state index is 15.9. The number of hydrogen-bond donors (Lipinski definition) is 2. The van der Waals surface area contributed by atoms with Crippen LogP contribution in [-0.2, 0) is 38.8 Å². The van der Waals surface area contributed by atoms with Crippen LogP contribution in [-0.4, -0.2) is 56.2 Å². The number of halogens is 3. The van der Waals surface area contributed by atoms with Crippen LogP contribution in [0.5, 0.6) is 5.75 Å². The number of aliphatic hydroxyl groups excluding tert-OH is 1. The third-order valence-electron chi connectivity index (χ3n) is 5.77. The van der Waals surface area contributed by atoms with Gasteiger partial charge in [0, 0.05) is 17.5 Å². The van der Waals surface area contributed by atoms with Gasteiger partial charge in [-0.25, -0.2) is 18.2 Å². The van der Waals surface area contributed by atoms with E-state index in [0.717, 1.165) is 6.07 Å². The zero-order valence-electron chi connectivity index (χ0n) is 19.6. The Kier molecular flexibility index (Phi) is 7.24. The normalized spacial score (nSPS) is 18.7. The summed E-state index contributed by atoms with van der Waals surface area (Å²) < 4.78 is 84.0.